The Balaban J connectivity index is 2.55. The maximum atomic E-state index is 11.1. The van der Waals surface area contributed by atoms with Crippen LogP contribution in [-0.4, -0.2) is 25.8 Å². The van der Waals surface area contributed by atoms with Gasteiger partial charge in [-0.25, -0.2) is 4.79 Å². The summed E-state index contributed by atoms with van der Waals surface area (Å²) in [5, 5.41) is 23.3. The Hall–Kier alpha value is -2.70. The summed E-state index contributed by atoms with van der Waals surface area (Å²) in [6.07, 6.45) is 1.36. The first kappa shape index (κ1) is 11.8. The largest absolute Gasteiger partial charge is 0.478 e. The van der Waals surface area contributed by atoms with Crippen molar-refractivity contribution in [2.45, 2.75) is 6.92 Å². The molecule has 0 unspecified atom stereocenters. The highest BCUT2D eigenvalue weighted by Gasteiger charge is 2.17. The molecule has 7 heteroatoms. The van der Waals surface area contributed by atoms with Crippen molar-refractivity contribution in [3.05, 3.63) is 51.7 Å². The predicted octanol–water partition coefficient (Wildman–Crippen LogP) is 1.79. The van der Waals surface area contributed by atoms with Gasteiger partial charge < -0.3 is 15.2 Å². The molecule has 0 atom stereocenters. The molecule has 0 saturated heterocycles. The molecule has 0 amide bonds. The van der Waals surface area contributed by atoms with Crippen LogP contribution < -0.4 is 0 Å². The Morgan fingerprint density at radius 3 is 2.72 bits per heavy atom. The lowest BCUT2D eigenvalue weighted by atomic mass is 10.1. The molecule has 1 heterocycles. The monoisotopic (exact) mass is 247 g/mol. The highest BCUT2D eigenvalue weighted by Crippen LogP contribution is 2.18. The predicted molar refractivity (Wildman–Crippen MR) is 61.9 cm³/mol. The van der Waals surface area contributed by atoms with Crippen LogP contribution in [0.5, 0.6) is 0 Å². The lowest BCUT2D eigenvalue weighted by molar-refractivity contribution is -0.389. The molecule has 0 bridgehead atoms. The minimum absolute atomic E-state index is 0.0491. The fourth-order valence-electron chi connectivity index (χ4n) is 1.57. The summed E-state index contributed by atoms with van der Waals surface area (Å²) in [6.45, 7) is 1.77. The molecule has 0 aliphatic carbocycles. The molecule has 92 valence electrons. The number of carbonyl (C=O) groups is 1. The summed E-state index contributed by atoms with van der Waals surface area (Å²) in [6, 6.07) is 5.99. The normalized spacial score (nSPS) is 10.3. The van der Waals surface area contributed by atoms with E-state index >= 15 is 0 Å². The molecule has 0 fully saturated rings. The summed E-state index contributed by atoms with van der Waals surface area (Å²) in [7, 11) is 0. The van der Waals surface area contributed by atoms with Gasteiger partial charge in [-0.05, 0) is 24.0 Å². The molecule has 0 aliphatic heterocycles. The maximum Gasteiger partial charge on any atom is 0.390 e. The van der Waals surface area contributed by atoms with Crippen LogP contribution in [0.2, 0.25) is 0 Å². The van der Waals surface area contributed by atoms with E-state index in [0.29, 0.717) is 5.69 Å². The Morgan fingerprint density at radius 2 is 2.17 bits per heavy atom. The second kappa shape index (κ2) is 4.28. The van der Waals surface area contributed by atoms with Crippen molar-refractivity contribution in [2.75, 3.05) is 0 Å². The van der Waals surface area contributed by atoms with Crippen molar-refractivity contribution in [2.24, 2.45) is 0 Å². The number of rotatable bonds is 3. The number of carboxylic acid groups (broad SMARTS) is 1. The fraction of sp³-hybridized carbons (Fsp3) is 0.0909. The Kier molecular flexibility index (Phi) is 2.80. The number of hydrogen-bond acceptors (Lipinski definition) is 4. The topological polar surface area (TPSA) is 98.3 Å². The standard InChI is InChI=1S/C11H9N3O4/c1-7-2-3-9(8(6-7)11(15)16)13-5-4-10(12-13)14(17)18/h2-6H,1H3,(H,15,16). The molecule has 0 aliphatic rings. The van der Waals surface area contributed by atoms with E-state index in [1.54, 1.807) is 19.1 Å². The van der Waals surface area contributed by atoms with E-state index in [9.17, 15) is 14.9 Å². The van der Waals surface area contributed by atoms with Crippen molar-refractivity contribution in [1.29, 1.82) is 0 Å². The van der Waals surface area contributed by atoms with E-state index in [-0.39, 0.29) is 11.4 Å². The maximum absolute atomic E-state index is 11.1. The van der Waals surface area contributed by atoms with Crippen LogP contribution in [0.15, 0.2) is 30.5 Å². The van der Waals surface area contributed by atoms with Crippen LogP contribution in [0.1, 0.15) is 15.9 Å². The number of nitrogens with zero attached hydrogens (tertiary/aromatic N) is 3. The molecular weight excluding hydrogens is 238 g/mol. The lowest BCUT2D eigenvalue weighted by Gasteiger charge is -2.03. The van der Waals surface area contributed by atoms with E-state index in [0.717, 1.165) is 5.56 Å². The fourth-order valence-corrected chi connectivity index (χ4v) is 1.57. The van der Waals surface area contributed by atoms with E-state index in [1.807, 2.05) is 0 Å². The van der Waals surface area contributed by atoms with Crippen molar-refractivity contribution in [1.82, 2.24) is 9.78 Å². The van der Waals surface area contributed by atoms with Gasteiger partial charge in [-0.2, -0.15) is 0 Å². The number of aromatic carboxylic acids is 1. The van der Waals surface area contributed by atoms with Gasteiger partial charge >= 0.3 is 11.8 Å². The first-order valence-corrected chi connectivity index (χ1v) is 5.03. The molecule has 0 spiro atoms. The molecule has 1 aromatic carbocycles. The molecule has 2 rings (SSSR count). The quantitative estimate of drug-likeness (QED) is 0.658. The molecule has 1 N–H and O–H groups in total. The average molecular weight is 247 g/mol. The van der Waals surface area contributed by atoms with Crippen LogP contribution >= 0.6 is 0 Å². The number of benzene rings is 1. The molecule has 0 radical (unpaired) electrons. The zero-order chi connectivity index (χ0) is 13.3. The van der Waals surface area contributed by atoms with Crippen LogP contribution in [0, 0.1) is 17.0 Å². The molecular formula is C11H9N3O4. The molecule has 2 aromatic rings. The summed E-state index contributed by atoms with van der Waals surface area (Å²) < 4.78 is 1.18. The summed E-state index contributed by atoms with van der Waals surface area (Å²) >= 11 is 0. The highest BCUT2D eigenvalue weighted by molar-refractivity contribution is 5.92. The number of aromatic nitrogens is 2. The Morgan fingerprint density at radius 1 is 1.44 bits per heavy atom. The van der Waals surface area contributed by atoms with Crippen molar-refractivity contribution in [3.8, 4) is 5.69 Å². The van der Waals surface area contributed by atoms with Gasteiger partial charge in [0.05, 0.1) is 22.9 Å². The first-order valence-electron chi connectivity index (χ1n) is 5.03. The second-order valence-electron chi connectivity index (χ2n) is 3.70. The van der Waals surface area contributed by atoms with Crippen LogP contribution in [0.25, 0.3) is 5.69 Å². The number of aryl methyl sites for hydroxylation is 1. The average Bonchev–Trinajstić information content (AvgIpc) is 2.78. The third-order valence-electron chi connectivity index (χ3n) is 2.39. The van der Waals surface area contributed by atoms with E-state index in [2.05, 4.69) is 5.10 Å². The molecule has 0 saturated carbocycles. The van der Waals surface area contributed by atoms with E-state index in [4.69, 9.17) is 5.11 Å². The number of carboxylic acids is 1. The van der Waals surface area contributed by atoms with E-state index < -0.39 is 10.9 Å². The van der Waals surface area contributed by atoms with Crippen molar-refractivity contribution in [3.63, 3.8) is 0 Å². The third kappa shape index (κ3) is 2.05. The summed E-state index contributed by atoms with van der Waals surface area (Å²) in [5.74, 6) is -1.43. The van der Waals surface area contributed by atoms with Crippen LogP contribution in [-0.2, 0) is 0 Å². The van der Waals surface area contributed by atoms with Gasteiger partial charge in [0.1, 0.15) is 5.69 Å². The number of nitro groups is 1. The second-order valence-corrected chi connectivity index (χ2v) is 3.70. The third-order valence-corrected chi connectivity index (χ3v) is 2.39. The smallest absolute Gasteiger partial charge is 0.390 e. The van der Waals surface area contributed by atoms with Gasteiger partial charge in [0.25, 0.3) is 0 Å². The highest BCUT2D eigenvalue weighted by atomic mass is 16.6. The number of hydrogen-bond donors (Lipinski definition) is 1. The van der Waals surface area contributed by atoms with Gasteiger partial charge in [0, 0.05) is 0 Å². The van der Waals surface area contributed by atoms with Crippen molar-refractivity contribution < 1.29 is 14.8 Å². The van der Waals surface area contributed by atoms with Gasteiger partial charge in [-0.1, -0.05) is 11.6 Å². The van der Waals surface area contributed by atoms with Crippen LogP contribution in [0.4, 0.5) is 5.82 Å². The van der Waals surface area contributed by atoms with Gasteiger partial charge in [-0.3, -0.25) is 0 Å². The Bertz CT molecular complexity index is 633. The molecule has 7 nitrogen and oxygen atoms in total. The van der Waals surface area contributed by atoms with Gasteiger partial charge in [0.15, 0.2) is 0 Å². The zero-order valence-electron chi connectivity index (χ0n) is 9.40. The SMILES string of the molecule is Cc1ccc(-n2ccc([N+](=O)[O-])n2)c(C(=O)O)c1. The Labute approximate surface area is 101 Å². The first-order chi connectivity index (χ1) is 8.49. The van der Waals surface area contributed by atoms with E-state index in [1.165, 1.54) is 23.0 Å². The van der Waals surface area contributed by atoms with Crippen LogP contribution in [0.3, 0.4) is 0 Å². The lowest BCUT2D eigenvalue weighted by Crippen LogP contribution is -2.06. The van der Waals surface area contributed by atoms with Crippen molar-refractivity contribution >= 4 is 11.8 Å². The summed E-state index contributed by atoms with van der Waals surface area (Å²) in [5.41, 5.74) is 1.13. The summed E-state index contributed by atoms with van der Waals surface area (Å²) in [4.78, 5) is 21.0. The minimum Gasteiger partial charge on any atom is -0.478 e. The molecule has 1 aromatic heterocycles. The van der Waals surface area contributed by atoms with Gasteiger partial charge in [-0.15, -0.1) is 4.68 Å². The zero-order valence-corrected chi connectivity index (χ0v) is 9.40. The van der Waals surface area contributed by atoms with Gasteiger partial charge in [0.2, 0.25) is 0 Å². The minimum atomic E-state index is -1.10. The molecule has 18 heavy (non-hydrogen) atoms.